The zero-order chi connectivity index (χ0) is 21.0. The Morgan fingerprint density at radius 1 is 1.28 bits per heavy atom. The lowest BCUT2D eigenvalue weighted by Crippen LogP contribution is -2.50. The van der Waals surface area contributed by atoms with Gasteiger partial charge in [-0.05, 0) is 36.6 Å². The van der Waals surface area contributed by atoms with Gasteiger partial charge in [0, 0.05) is 49.5 Å². The summed E-state index contributed by atoms with van der Waals surface area (Å²) >= 11 is -2.12. The first kappa shape index (κ1) is 21.9. The third-order valence-electron chi connectivity index (χ3n) is 4.89. The number of fused-ring (bicyclic) bond motifs is 1. The number of anilines is 1. The number of benzene rings is 1. The van der Waals surface area contributed by atoms with Crippen LogP contribution in [0.3, 0.4) is 0 Å². The molecule has 1 unspecified atom stereocenters. The normalized spacial score (nSPS) is 21.5. The van der Waals surface area contributed by atoms with E-state index in [9.17, 15) is 17.4 Å². The largest absolute Gasteiger partial charge is 0.418 e. The predicted octanol–water partition coefficient (Wildman–Crippen LogP) is 2.29. The van der Waals surface area contributed by atoms with Crippen LogP contribution in [0.15, 0.2) is 30.5 Å². The molecular weight excluding hydrogens is 407 g/mol. The Hall–Kier alpha value is -1.79. The van der Waals surface area contributed by atoms with Gasteiger partial charge in [0.15, 0.2) is 0 Å². The smallest absolute Gasteiger partial charge is 0.369 e. The van der Waals surface area contributed by atoms with Crippen LogP contribution in [0, 0.1) is 5.92 Å². The van der Waals surface area contributed by atoms with Gasteiger partial charge >= 0.3 is 6.18 Å². The van der Waals surface area contributed by atoms with Crippen molar-refractivity contribution >= 4 is 27.9 Å². The van der Waals surface area contributed by atoms with Crippen molar-refractivity contribution < 1.29 is 21.9 Å². The van der Waals surface area contributed by atoms with Crippen molar-refractivity contribution in [3.8, 4) is 0 Å². The fraction of sp³-hybridized carbons (Fsp3) is 0.500. The first-order valence-corrected chi connectivity index (χ1v) is 10.4. The summed E-state index contributed by atoms with van der Waals surface area (Å²) in [5, 5.41) is 3.88. The fourth-order valence-electron chi connectivity index (χ4n) is 3.81. The molecule has 1 fully saturated rings. The molecule has 4 N–H and O–H groups in total. The Kier molecular flexibility index (Phi) is 7.06. The van der Waals surface area contributed by atoms with E-state index in [4.69, 9.17) is 4.55 Å². The highest BCUT2D eigenvalue weighted by atomic mass is 32.2. The molecule has 0 spiro atoms. The second-order valence-corrected chi connectivity index (χ2v) is 7.91. The predicted molar refractivity (Wildman–Crippen MR) is 106 cm³/mol. The van der Waals surface area contributed by atoms with Crippen LogP contribution in [-0.4, -0.2) is 46.0 Å². The molecule has 0 aliphatic carbocycles. The number of piperidine rings is 1. The number of pyridine rings is 1. The number of hydrogen-bond donors (Lipinski definition) is 4. The molecule has 1 aromatic carbocycles. The van der Waals surface area contributed by atoms with Crippen molar-refractivity contribution in [2.24, 2.45) is 5.92 Å². The Labute approximate surface area is 169 Å². The van der Waals surface area contributed by atoms with E-state index in [0.29, 0.717) is 30.9 Å². The summed E-state index contributed by atoms with van der Waals surface area (Å²) < 4.78 is 59.3. The molecule has 7 nitrogen and oxygen atoms in total. The highest BCUT2D eigenvalue weighted by Crippen LogP contribution is 2.38. The first-order chi connectivity index (χ1) is 13.8. The number of rotatable bonds is 7. The van der Waals surface area contributed by atoms with Crippen LogP contribution in [-0.2, 0) is 17.4 Å². The summed E-state index contributed by atoms with van der Waals surface area (Å²) in [4.78, 5) is 8.30. The molecule has 160 valence electrons. The number of hydrogen-bond acceptors (Lipinski definition) is 5. The SMILES string of the molecule is C[C@H]1C[C@@H](NCCNNS(=O)O)CN(c2ccc(C(F)(F)F)c3ncccc23)C1. The highest BCUT2D eigenvalue weighted by molar-refractivity contribution is 7.77. The summed E-state index contributed by atoms with van der Waals surface area (Å²) in [6.45, 7) is 4.53. The van der Waals surface area contributed by atoms with Gasteiger partial charge < -0.3 is 10.2 Å². The molecule has 1 saturated heterocycles. The minimum absolute atomic E-state index is 0.0347. The van der Waals surface area contributed by atoms with E-state index >= 15 is 0 Å². The molecule has 2 heterocycles. The first-order valence-electron chi connectivity index (χ1n) is 9.28. The molecule has 2 aromatic rings. The monoisotopic (exact) mass is 431 g/mol. The number of aromatic nitrogens is 1. The number of alkyl halides is 3. The van der Waals surface area contributed by atoms with Crippen LogP contribution < -0.4 is 20.5 Å². The van der Waals surface area contributed by atoms with E-state index in [1.165, 1.54) is 12.3 Å². The van der Waals surface area contributed by atoms with Crippen LogP contribution in [0.25, 0.3) is 10.9 Å². The maximum Gasteiger partial charge on any atom is 0.418 e. The van der Waals surface area contributed by atoms with Crippen molar-refractivity contribution in [3.63, 3.8) is 0 Å². The summed E-state index contributed by atoms with van der Waals surface area (Å²) in [6.07, 6.45) is -2.14. The molecule has 3 rings (SSSR count). The van der Waals surface area contributed by atoms with Crippen molar-refractivity contribution in [1.29, 1.82) is 0 Å². The molecule has 0 radical (unpaired) electrons. The molecule has 0 saturated carbocycles. The Balaban J connectivity index is 1.76. The molecule has 11 heteroatoms. The van der Waals surface area contributed by atoms with E-state index < -0.39 is 23.0 Å². The lowest BCUT2D eigenvalue weighted by atomic mass is 9.94. The zero-order valence-corrected chi connectivity index (χ0v) is 16.7. The van der Waals surface area contributed by atoms with E-state index in [1.807, 2.05) is 0 Å². The summed E-state index contributed by atoms with van der Waals surface area (Å²) in [7, 11) is 0. The molecule has 0 bridgehead atoms. The molecule has 1 aliphatic rings. The van der Waals surface area contributed by atoms with Crippen molar-refractivity contribution in [1.82, 2.24) is 20.6 Å². The van der Waals surface area contributed by atoms with E-state index in [0.717, 1.165) is 24.7 Å². The van der Waals surface area contributed by atoms with Crippen molar-refractivity contribution in [3.05, 3.63) is 36.0 Å². The van der Waals surface area contributed by atoms with Gasteiger partial charge in [0.1, 0.15) is 0 Å². The minimum atomic E-state index is -4.45. The highest BCUT2D eigenvalue weighted by Gasteiger charge is 2.34. The standard InChI is InChI=1S/C18H24F3N5O2S/c1-12-9-13(22-7-8-24-25-29(27)28)11-26(10-12)16-5-4-15(18(19,20)21)17-14(16)3-2-6-23-17/h2-6,12-13,22,24-25H,7-11H2,1H3,(H,27,28)/t12-,13+/m0/s1. The van der Waals surface area contributed by atoms with Gasteiger partial charge in [-0.1, -0.05) is 6.92 Å². The molecule has 0 amide bonds. The van der Waals surface area contributed by atoms with Gasteiger partial charge in [-0.25, -0.2) is 9.63 Å². The summed E-state index contributed by atoms with van der Waals surface area (Å²) in [5.41, 5.74) is 2.62. The van der Waals surface area contributed by atoms with Gasteiger partial charge in [0.05, 0.1) is 11.1 Å². The zero-order valence-electron chi connectivity index (χ0n) is 15.9. The fourth-order valence-corrected chi connectivity index (χ4v) is 4.04. The second kappa shape index (κ2) is 9.35. The average molecular weight is 431 g/mol. The van der Waals surface area contributed by atoms with Gasteiger partial charge in [-0.15, -0.1) is 0 Å². The maximum absolute atomic E-state index is 13.4. The number of nitrogens with one attached hydrogen (secondary N) is 3. The van der Waals surface area contributed by atoms with Gasteiger partial charge in [0.25, 0.3) is 0 Å². The van der Waals surface area contributed by atoms with Crippen LogP contribution in [0.4, 0.5) is 18.9 Å². The number of hydrazine groups is 1. The topological polar surface area (TPSA) is 89.5 Å². The van der Waals surface area contributed by atoms with E-state index in [1.54, 1.807) is 12.1 Å². The molecule has 3 atom stereocenters. The van der Waals surface area contributed by atoms with Crippen LogP contribution in [0.1, 0.15) is 18.9 Å². The maximum atomic E-state index is 13.4. The third-order valence-corrected chi connectivity index (χ3v) is 5.21. The van der Waals surface area contributed by atoms with E-state index in [2.05, 4.69) is 32.4 Å². The Morgan fingerprint density at radius 3 is 2.79 bits per heavy atom. The lowest BCUT2D eigenvalue weighted by Gasteiger charge is -2.39. The Morgan fingerprint density at radius 2 is 2.07 bits per heavy atom. The molecular formula is C18H24F3N5O2S. The van der Waals surface area contributed by atoms with Crippen molar-refractivity contribution in [2.45, 2.75) is 25.6 Å². The van der Waals surface area contributed by atoms with Crippen LogP contribution >= 0.6 is 0 Å². The van der Waals surface area contributed by atoms with Crippen LogP contribution in [0.2, 0.25) is 0 Å². The second-order valence-electron chi connectivity index (χ2n) is 7.20. The number of halogens is 3. The molecule has 1 aliphatic heterocycles. The van der Waals surface area contributed by atoms with Gasteiger partial charge in [-0.3, -0.25) is 9.54 Å². The lowest BCUT2D eigenvalue weighted by molar-refractivity contribution is -0.136. The van der Waals surface area contributed by atoms with Crippen molar-refractivity contribution in [2.75, 3.05) is 31.1 Å². The average Bonchev–Trinajstić information content (AvgIpc) is 2.65. The van der Waals surface area contributed by atoms with Gasteiger partial charge in [-0.2, -0.15) is 18.0 Å². The minimum Gasteiger partial charge on any atom is -0.369 e. The number of nitrogens with zero attached hydrogens (tertiary/aromatic N) is 2. The van der Waals surface area contributed by atoms with Gasteiger partial charge in [0.2, 0.25) is 11.3 Å². The summed E-state index contributed by atoms with van der Waals surface area (Å²) in [6, 6.07) is 6.12. The summed E-state index contributed by atoms with van der Waals surface area (Å²) in [5.74, 6) is 0.353. The molecule has 29 heavy (non-hydrogen) atoms. The van der Waals surface area contributed by atoms with Crippen LogP contribution in [0.5, 0.6) is 0 Å². The quantitative estimate of drug-likeness (QED) is 0.306. The molecule has 1 aromatic heterocycles. The third kappa shape index (κ3) is 5.64. The Bertz CT molecular complexity index is 867. The van der Waals surface area contributed by atoms with E-state index in [-0.39, 0.29) is 11.6 Å².